The van der Waals surface area contributed by atoms with Crippen LogP contribution >= 0.6 is 0 Å². The van der Waals surface area contributed by atoms with Crippen molar-refractivity contribution < 1.29 is 20.1 Å². The lowest BCUT2D eigenvalue weighted by molar-refractivity contribution is -0.0527. The van der Waals surface area contributed by atoms with Crippen LogP contribution < -0.4 is 11.4 Å². The van der Waals surface area contributed by atoms with Crippen molar-refractivity contribution in [2.24, 2.45) is 0 Å². The molecule has 2 aromatic rings. The Balaban J connectivity index is 2.20. The lowest BCUT2D eigenvalue weighted by Crippen LogP contribution is -2.36. The summed E-state index contributed by atoms with van der Waals surface area (Å²) >= 11 is 0. The number of aliphatic hydroxyl groups is 3. The summed E-state index contributed by atoms with van der Waals surface area (Å²) in [5, 5.41) is 29.5. The number of nitrogens with zero attached hydrogens (tertiary/aromatic N) is 2. The third-order valence-corrected chi connectivity index (χ3v) is 3.63. The summed E-state index contributed by atoms with van der Waals surface area (Å²) in [6.07, 6.45) is -4.74. The van der Waals surface area contributed by atoms with Gasteiger partial charge in [0.15, 0.2) is 6.23 Å². The quantitative estimate of drug-likeness (QED) is 0.535. The Hall–Kier alpha value is -2.00. The Bertz CT molecular complexity index is 731. The van der Waals surface area contributed by atoms with Gasteiger partial charge in [0.25, 0.3) is 0 Å². The smallest absolute Gasteiger partial charge is 0.352 e. The van der Waals surface area contributed by atoms with E-state index in [4.69, 9.17) is 15.6 Å². The van der Waals surface area contributed by atoms with E-state index in [1.807, 2.05) is 0 Å². The van der Waals surface area contributed by atoms with Crippen LogP contribution in [0.25, 0.3) is 10.9 Å². The molecule has 1 saturated heterocycles. The largest absolute Gasteiger partial charge is 0.394 e. The molecule has 0 spiro atoms. The zero-order valence-electron chi connectivity index (χ0n) is 11.0. The molecule has 8 nitrogen and oxygen atoms in total. The summed E-state index contributed by atoms with van der Waals surface area (Å²) in [6, 6.07) is 6.78. The molecule has 0 saturated carbocycles. The highest BCUT2D eigenvalue weighted by Gasteiger charge is 2.44. The average Bonchev–Trinajstić information content (AvgIpc) is 2.75. The molecular weight excluding hydrogens is 278 g/mol. The number of hydrogen-bond donors (Lipinski definition) is 4. The summed E-state index contributed by atoms with van der Waals surface area (Å²) in [5.74, 6) is 0.0820. The van der Waals surface area contributed by atoms with Crippen molar-refractivity contribution in [3.05, 3.63) is 34.7 Å². The standard InChI is InChI=1S/C13H15N3O5/c14-11-6-3-1-2-4-7(6)16(13(20)15-11)12-10(19)9(18)8(5-17)21-12/h1-4,8-10,12,17-19H,5H2,(H2,14,15,20)/t8-,9-,10-,12-/m1/s1. The number of hydrogen-bond acceptors (Lipinski definition) is 7. The molecule has 5 N–H and O–H groups in total. The van der Waals surface area contributed by atoms with Gasteiger partial charge in [-0.1, -0.05) is 12.1 Å². The van der Waals surface area contributed by atoms with E-state index in [1.165, 1.54) is 0 Å². The van der Waals surface area contributed by atoms with Gasteiger partial charge in [-0.15, -0.1) is 0 Å². The molecular formula is C13H15N3O5. The number of anilines is 1. The first-order chi connectivity index (χ1) is 10.0. The number of fused-ring (bicyclic) bond motifs is 1. The first-order valence-electron chi connectivity index (χ1n) is 6.44. The minimum Gasteiger partial charge on any atom is -0.394 e. The average molecular weight is 293 g/mol. The first-order valence-corrected chi connectivity index (χ1v) is 6.44. The minimum atomic E-state index is -1.35. The fraction of sp³-hybridized carbons (Fsp3) is 0.385. The molecule has 0 radical (unpaired) electrons. The number of para-hydroxylation sites is 1. The molecule has 0 amide bonds. The van der Waals surface area contributed by atoms with Crippen molar-refractivity contribution in [2.75, 3.05) is 12.3 Å². The van der Waals surface area contributed by atoms with Crippen molar-refractivity contribution >= 4 is 16.7 Å². The molecule has 3 rings (SSSR count). The second kappa shape index (κ2) is 5.08. The fourth-order valence-corrected chi connectivity index (χ4v) is 2.56. The summed E-state index contributed by atoms with van der Waals surface area (Å²) in [6.45, 7) is -0.468. The topological polar surface area (TPSA) is 131 Å². The van der Waals surface area contributed by atoms with E-state index < -0.39 is 36.8 Å². The fourth-order valence-electron chi connectivity index (χ4n) is 2.56. The molecule has 0 unspecified atom stereocenters. The van der Waals surface area contributed by atoms with Crippen molar-refractivity contribution in [3.63, 3.8) is 0 Å². The van der Waals surface area contributed by atoms with E-state index in [2.05, 4.69) is 4.98 Å². The van der Waals surface area contributed by atoms with Gasteiger partial charge in [0, 0.05) is 5.39 Å². The number of ether oxygens (including phenoxy) is 1. The highest BCUT2D eigenvalue weighted by atomic mass is 16.6. The van der Waals surface area contributed by atoms with Crippen molar-refractivity contribution in [2.45, 2.75) is 24.5 Å². The Morgan fingerprint density at radius 2 is 2.00 bits per heavy atom. The highest BCUT2D eigenvalue weighted by molar-refractivity contribution is 5.88. The molecule has 112 valence electrons. The predicted octanol–water partition coefficient (Wildman–Crippen LogP) is -1.41. The lowest BCUT2D eigenvalue weighted by Gasteiger charge is -2.19. The van der Waals surface area contributed by atoms with Gasteiger partial charge >= 0.3 is 5.69 Å². The Morgan fingerprint density at radius 3 is 2.67 bits per heavy atom. The number of rotatable bonds is 2. The van der Waals surface area contributed by atoms with Crippen LogP contribution in [0.4, 0.5) is 5.82 Å². The molecule has 21 heavy (non-hydrogen) atoms. The Kier molecular flexibility index (Phi) is 3.38. The zero-order valence-corrected chi connectivity index (χ0v) is 11.0. The van der Waals surface area contributed by atoms with Gasteiger partial charge in [0.1, 0.15) is 24.1 Å². The van der Waals surface area contributed by atoms with E-state index in [0.717, 1.165) is 4.57 Å². The van der Waals surface area contributed by atoms with Crippen LogP contribution in [-0.4, -0.2) is 49.8 Å². The van der Waals surface area contributed by atoms with E-state index in [-0.39, 0.29) is 5.82 Å². The molecule has 0 bridgehead atoms. The second-order valence-electron chi connectivity index (χ2n) is 4.90. The molecule has 2 heterocycles. The molecule has 1 aliphatic heterocycles. The Labute approximate surface area is 119 Å². The molecule has 1 aromatic heterocycles. The van der Waals surface area contributed by atoms with E-state index >= 15 is 0 Å². The molecule has 4 atom stereocenters. The SMILES string of the molecule is Nc1nc(=O)n([C@@H]2O[C@H](CO)[C@@H](O)[C@H]2O)c2ccccc12. The predicted molar refractivity (Wildman–Crippen MR) is 73.4 cm³/mol. The number of nitrogens with two attached hydrogens (primary N) is 1. The van der Waals surface area contributed by atoms with E-state index in [1.54, 1.807) is 24.3 Å². The summed E-state index contributed by atoms with van der Waals surface area (Å²) in [7, 11) is 0. The van der Waals surface area contributed by atoms with Gasteiger partial charge < -0.3 is 25.8 Å². The molecule has 8 heteroatoms. The van der Waals surface area contributed by atoms with E-state index in [9.17, 15) is 15.0 Å². The lowest BCUT2D eigenvalue weighted by atomic mass is 10.1. The monoisotopic (exact) mass is 293 g/mol. The molecule has 1 aromatic carbocycles. The van der Waals surface area contributed by atoms with Crippen molar-refractivity contribution in [1.82, 2.24) is 9.55 Å². The van der Waals surface area contributed by atoms with Crippen LogP contribution in [0, 0.1) is 0 Å². The van der Waals surface area contributed by atoms with Crippen LogP contribution in [0.2, 0.25) is 0 Å². The van der Waals surface area contributed by atoms with Gasteiger partial charge in [-0.2, -0.15) is 4.98 Å². The van der Waals surface area contributed by atoms with Crippen molar-refractivity contribution in [3.8, 4) is 0 Å². The van der Waals surface area contributed by atoms with Crippen LogP contribution in [0.3, 0.4) is 0 Å². The van der Waals surface area contributed by atoms with Gasteiger partial charge in [-0.05, 0) is 12.1 Å². The highest BCUT2D eigenvalue weighted by Crippen LogP contribution is 2.31. The number of aromatic nitrogens is 2. The van der Waals surface area contributed by atoms with Crippen molar-refractivity contribution in [1.29, 1.82) is 0 Å². The maximum absolute atomic E-state index is 12.1. The maximum Gasteiger partial charge on any atom is 0.352 e. The second-order valence-corrected chi connectivity index (χ2v) is 4.90. The van der Waals surface area contributed by atoms with Gasteiger partial charge in [0.2, 0.25) is 0 Å². The number of benzene rings is 1. The number of aliphatic hydroxyl groups excluding tert-OH is 3. The van der Waals surface area contributed by atoms with Gasteiger partial charge in [-0.25, -0.2) is 4.79 Å². The van der Waals surface area contributed by atoms with Crippen LogP contribution in [0.5, 0.6) is 0 Å². The normalized spacial score (nSPS) is 29.1. The first kappa shape index (κ1) is 14.0. The third-order valence-electron chi connectivity index (χ3n) is 3.63. The van der Waals surface area contributed by atoms with Crippen LogP contribution in [0.1, 0.15) is 6.23 Å². The molecule has 1 aliphatic rings. The number of nitrogen functional groups attached to an aromatic ring is 1. The third kappa shape index (κ3) is 2.09. The van der Waals surface area contributed by atoms with Gasteiger partial charge in [0.05, 0.1) is 12.1 Å². The van der Waals surface area contributed by atoms with E-state index in [0.29, 0.717) is 10.9 Å². The zero-order chi connectivity index (χ0) is 15.1. The Morgan fingerprint density at radius 1 is 1.29 bits per heavy atom. The van der Waals surface area contributed by atoms with Crippen LogP contribution in [0.15, 0.2) is 29.1 Å². The van der Waals surface area contributed by atoms with Crippen LogP contribution in [-0.2, 0) is 4.74 Å². The summed E-state index contributed by atoms with van der Waals surface area (Å²) in [5.41, 5.74) is 5.46. The molecule has 1 fully saturated rings. The minimum absolute atomic E-state index is 0.0820. The van der Waals surface area contributed by atoms with Gasteiger partial charge in [-0.3, -0.25) is 4.57 Å². The summed E-state index contributed by atoms with van der Waals surface area (Å²) in [4.78, 5) is 15.8. The molecule has 0 aliphatic carbocycles. The summed E-state index contributed by atoms with van der Waals surface area (Å²) < 4.78 is 6.52. The maximum atomic E-state index is 12.1.